The number of guanidine groups is 1. The number of likely N-dealkylation sites (N-methyl/N-ethyl adjacent to an activating group) is 1. The lowest BCUT2D eigenvalue weighted by Crippen LogP contribution is -2.50. The molecule has 0 unspecified atom stereocenters. The van der Waals surface area contributed by atoms with E-state index in [2.05, 4.69) is 25.8 Å². The molecular weight excluding hydrogens is 485 g/mol. The molecule has 0 radical (unpaired) electrons. The zero-order chi connectivity index (χ0) is 20.2. The summed E-state index contributed by atoms with van der Waals surface area (Å²) >= 11 is 0. The van der Waals surface area contributed by atoms with E-state index in [4.69, 9.17) is 9.47 Å². The zero-order valence-corrected chi connectivity index (χ0v) is 19.9. The van der Waals surface area contributed by atoms with Crippen LogP contribution in [0.1, 0.15) is 19.3 Å². The van der Waals surface area contributed by atoms with E-state index in [9.17, 15) is 4.79 Å². The molecule has 3 N–H and O–H groups in total. The predicted octanol–water partition coefficient (Wildman–Crippen LogP) is 1.46. The van der Waals surface area contributed by atoms with Gasteiger partial charge in [0.05, 0.1) is 20.3 Å². The highest BCUT2D eigenvalue weighted by atomic mass is 127. The second-order valence-electron chi connectivity index (χ2n) is 6.75. The van der Waals surface area contributed by atoms with E-state index in [1.165, 1.54) is 0 Å². The number of carbonyl (C=O) groups excluding carboxylic acids is 1. The van der Waals surface area contributed by atoms with Crippen LogP contribution in [0.2, 0.25) is 0 Å². The Morgan fingerprint density at radius 2 is 2.00 bits per heavy atom. The number of hydrogen-bond acceptors (Lipinski definition) is 5. The Balaban J connectivity index is 0.00000420. The average molecular weight is 519 g/mol. The van der Waals surface area contributed by atoms with Crippen molar-refractivity contribution in [1.29, 1.82) is 0 Å². The Morgan fingerprint density at radius 3 is 2.66 bits per heavy atom. The molecule has 164 valence electrons. The van der Waals surface area contributed by atoms with Crippen molar-refractivity contribution >= 4 is 35.8 Å². The van der Waals surface area contributed by atoms with Gasteiger partial charge in [-0.05, 0) is 31.4 Å². The van der Waals surface area contributed by atoms with E-state index in [1.807, 2.05) is 24.3 Å². The van der Waals surface area contributed by atoms with Crippen LogP contribution < -0.4 is 25.4 Å². The van der Waals surface area contributed by atoms with Gasteiger partial charge in [-0.2, -0.15) is 0 Å². The molecule has 0 saturated carbocycles. The van der Waals surface area contributed by atoms with E-state index in [1.54, 1.807) is 21.2 Å². The largest absolute Gasteiger partial charge is 0.497 e. The van der Waals surface area contributed by atoms with Crippen LogP contribution in [0, 0.1) is 0 Å². The maximum Gasteiger partial charge on any atom is 0.233 e. The van der Waals surface area contributed by atoms with E-state index >= 15 is 0 Å². The van der Waals surface area contributed by atoms with Gasteiger partial charge in [-0.15, -0.1) is 24.0 Å². The lowest BCUT2D eigenvalue weighted by Gasteiger charge is -2.32. The molecule has 0 bridgehead atoms. The van der Waals surface area contributed by atoms with Gasteiger partial charge in [-0.1, -0.05) is 6.07 Å². The third kappa shape index (κ3) is 9.53. The summed E-state index contributed by atoms with van der Waals surface area (Å²) in [4.78, 5) is 18.0. The van der Waals surface area contributed by atoms with Crippen LogP contribution in [0.5, 0.6) is 11.5 Å². The normalized spacial score (nSPS) is 15.2. The molecule has 1 aromatic rings. The van der Waals surface area contributed by atoms with E-state index < -0.39 is 0 Å². The van der Waals surface area contributed by atoms with Crippen molar-refractivity contribution < 1.29 is 14.3 Å². The third-order valence-electron chi connectivity index (χ3n) is 4.72. The second kappa shape index (κ2) is 14.3. The number of amides is 1. The van der Waals surface area contributed by atoms with Crippen molar-refractivity contribution in [3.63, 3.8) is 0 Å². The number of hydrogen-bond donors (Lipinski definition) is 3. The molecule has 1 aromatic carbocycles. The summed E-state index contributed by atoms with van der Waals surface area (Å²) in [5.74, 6) is 2.48. The van der Waals surface area contributed by atoms with Crippen LogP contribution in [0.15, 0.2) is 29.3 Å². The number of benzene rings is 1. The Labute approximate surface area is 190 Å². The number of ether oxygens (including phenoxy) is 2. The minimum absolute atomic E-state index is 0. The topological polar surface area (TPSA) is 87.2 Å². The number of methoxy groups -OCH3 is 1. The quantitative estimate of drug-likeness (QED) is 0.198. The fraction of sp³-hybridized carbons (Fsp3) is 0.600. The van der Waals surface area contributed by atoms with Crippen LogP contribution in [0.3, 0.4) is 0 Å². The van der Waals surface area contributed by atoms with Crippen LogP contribution >= 0.6 is 24.0 Å². The fourth-order valence-corrected chi connectivity index (χ4v) is 3.07. The van der Waals surface area contributed by atoms with Gasteiger partial charge >= 0.3 is 0 Å². The molecule has 1 saturated heterocycles. The van der Waals surface area contributed by atoms with E-state index in [0.717, 1.165) is 56.4 Å². The van der Waals surface area contributed by atoms with Gasteiger partial charge in [0.15, 0.2) is 5.96 Å². The van der Waals surface area contributed by atoms with Crippen molar-refractivity contribution in [3.8, 4) is 11.5 Å². The number of rotatable bonds is 9. The first kappa shape index (κ1) is 25.3. The first-order valence-corrected chi connectivity index (χ1v) is 9.81. The second-order valence-corrected chi connectivity index (χ2v) is 6.75. The van der Waals surface area contributed by atoms with Crippen LogP contribution in [-0.2, 0) is 4.79 Å². The summed E-state index contributed by atoms with van der Waals surface area (Å²) in [6, 6.07) is 7.99. The molecule has 1 aliphatic heterocycles. The van der Waals surface area contributed by atoms with Gasteiger partial charge in [-0.3, -0.25) is 14.7 Å². The third-order valence-corrected chi connectivity index (χ3v) is 4.72. The van der Waals surface area contributed by atoms with Crippen LogP contribution in [0.25, 0.3) is 0 Å². The zero-order valence-electron chi connectivity index (χ0n) is 17.6. The highest BCUT2D eigenvalue weighted by Gasteiger charge is 2.21. The summed E-state index contributed by atoms with van der Waals surface area (Å²) in [7, 11) is 5.10. The van der Waals surface area contributed by atoms with E-state index in [-0.39, 0.29) is 29.9 Å². The Bertz CT molecular complexity index is 636. The Morgan fingerprint density at radius 1 is 1.28 bits per heavy atom. The van der Waals surface area contributed by atoms with Crippen LogP contribution in [0.4, 0.5) is 0 Å². The van der Waals surface area contributed by atoms with Crippen molar-refractivity contribution in [2.75, 3.05) is 54.0 Å². The number of piperidine rings is 1. The molecule has 1 fully saturated rings. The smallest absolute Gasteiger partial charge is 0.233 e. The summed E-state index contributed by atoms with van der Waals surface area (Å²) in [6.45, 7) is 3.70. The number of likely N-dealkylation sites (tertiary alicyclic amines) is 1. The number of carbonyl (C=O) groups is 1. The van der Waals surface area contributed by atoms with Crippen molar-refractivity contribution in [2.24, 2.45) is 4.99 Å². The SMILES string of the molecule is CN=C(NCCCOc1cccc(OC)c1)NC1CCN(CC(=O)NC)CC1.I. The van der Waals surface area contributed by atoms with Gasteiger partial charge in [-0.25, -0.2) is 0 Å². The van der Waals surface area contributed by atoms with Crippen molar-refractivity contribution in [2.45, 2.75) is 25.3 Å². The molecule has 29 heavy (non-hydrogen) atoms. The Kier molecular flexibility index (Phi) is 12.4. The molecule has 1 amide bonds. The summed E-state index contributed by atoms with van der Waals surface area (Å²) in [5.41, 5.74) is 0. The number of nitrogens with zero attached hydrogens (tertiary/aromatic N) is 2. The van der Waals surface area contributed by atoms with Crippen LogP contribution in [-0.4, -0.2) is 76.8 Å². The molecule has 0 atom stereocenters. The predicted molar refractivity (Wildman–Crippen MR) is 127 cm³/mol. The average Bonchev–Trinajstić information content (AvgIpc) is 2.73. The summed E-state index contributed by atoms with van der Waals surface area (Å²) < 4.78 is 10.9. The fourth-order valence-electron chi connectivity index (χ4n) is 3.07. The molecule has 9 heteroatoms. The van der Waals surface area contributed by atoms with Gasteiger partial charge in [0.1, 0.15) is 11.5 Å². The Hall–Kier alpha value is -1.75. The van der Waals surface area contributed by atoms with Gasteiger partial charge < -0.3 is 25.4 Å². The molecule has 0 spiro atoms. The van der Waals surface area contributed by atoms with Gasteiger partial charge in [0.25, 0.3) is 0 Å². The maximum absolute atomic E-state index is 11.5. The first-order chi connectivity index (χ1) is 13.6. The number of aliphatic imine (C=N–C) groups is 1. The molecule has 0 aromatic heterocycles. The lowest BCUT2D eigenvalue weighted by molar-refractivity contribution is -0.122. The molecule has 1 heterocycles. The minimum atomic E-state index is 0. The molecule has 1 aliphatic rings. The van der Waals surface area contributed by atoms with Gasteiger partial charge in [0.2, 0.25) is 5.91 Å². The van der Waals surface area contributed by atoms with E-state index in [0.29, 0.717) is 19.2 Å². The standard InChI is InChI=1S/C20H33N5O3.HI/c1-21-19(26)15-25-11-8-16(9-12-25)24-20(22-2)23-10-5-13-28-18-7-4-6-17(14-18)27-3;/h4,6-7,14,16H,5,8-13,15H2,1-3H3,(H,21,26)(H2,22,23,24);1H. The number of halogens is 1. The molecule has 0 aliphatic carbocycles. The minimum Gasteiger partial charge on any atom is -0.497 e. The lowest BCUT2D eigenvalue weighted by atomic mass is 10.1. The van der Waals surface area contributed by atoms with Crippen molar-refractivity contribution in [3.05, 3.63) is 24.3 Å². The molecule has 8 nitrogen and oxygen atoms in total. The summed E-state index contributed by atoms with van der Waals surface area (Å²) in [5, 5.41) is 9.48. The highest BCUT2D eigenvalue weighted by Crippen LogP contribution is 2.18. The van der Waals surface area contributed by atoms with Gasteiger partial charge in [0, 0.05) is 45.8 Å². The number of nitrogens with one attached hydrogen (secondary N) is 3. The highest BCUT2D eigenvalue weighted by molar-refractivity contribution is 14.0. The first-order valence-electron chi connectivity index (χ1n) is 9.81. The maximum atomic E-state index is 11.5. The molecule has 2 rings (SSSR count). The monoisotopic (exact) mass is 519 g/mol. The summed E-state index contributed by atoms with van der Waals surface area (Å²) in [6.07, 6.45) is 2.86. The van der Waals surface area contributed by atoms with Crippen molar-refractivity contribution in [1.82, 2.24) is 20.9 Å². The molecular formula is C20H34IN5O3.